The van der Waals surface area contributed by atoms with Crippen LogP contribution in [0.5, 0.6) is 0 Å². The van der Waals surface area contributed by atoms with Gasteiger partial charge in [-0.2, -0.15) is 0 Å². The predicted molar refractivity (Wildman–Crippen MR) is 83.4 cm³/mol. The molecular weight excluding hydrogens is 292 g/mol. The normalized spacial score (nSPS) is 16.2. The molecule has 0 bridgehead atoms. The van der Waals surface area contributed by atoms with E-state index in [0.29, 0.717) is 19.1 Å². The Bertz CT molecular complexity index is 694. The second-order valence-corrected chi connectivity index (χ2v) is 6.16. The zero-order valence-electron chi connectivity index (χ0n) is 13.0. The first-order valence-corrected chi connectivity index (χ1v) is 8.15. The van der Waals surface area contributed by atoms with E-state index in [0.717, 1.165) is 49.4 Å². The molecule has 0 unspecified atom stereocenters. The molecule has 3 heterocycles. The van der Waals surface area contributed by atoms with Crippen LogP contribution in [0.4, 0.5) is 4.79 Å². The number of fused-ring (bicyclic) bond motifs is 1. The van der Waals surface area contributed by atoms with Crippen LogP contribution < -0.4 is 5.32 Å². The first-order valence-electron chi connectivity index (χ1n) is 8.15. The molecule has 0 aromatic carbocycles. The molecule has 2 amide bonds. The van der Waals surface area contributed by atoms with Crippen molar-refractivity contribution in [2.24, 2.45) is 0 Å². The molecule has 0 atom stereocenters. The van der Waals surface area contributed by atoms with E-state index in [1.165, 1.54) is 0 Å². The average Bonchev–Trinajstić information content (AvgIpc) is 3.18. The van der Waals surface area contributed by atoms with E-state index in [1.807, 2.05) is 17.0 Å². The van der Waals surface area contributed by atoms with Crippen LogP contribution in [-0.2, 0) is 26.1 Å². The standard InChI is InChI=1S/C16H20N6O/c23-16(18-10-15-20-19-14-2-1-9-21(14)15)22(13-3-4-13)11-12-5-7-17-8-6-12/h5-8,13H,1-4,9-11H2,(H,18,23). The third-order valence-corrected chi connectivity index (χ3v) is 4.43. The lowest BCUT2D eigenvalue weighted by atomic mass is 10.2. The van der Waals surface area contributed by atoms with E-state index in [2.05, 4.69) is 25.1 Å². The molecule has 1 N–H and O–H groups in total. The summed E-state index contributed by atoms with van der Waals surface area (Å²) in [5.41, 5.74) is 1.10. The van der Waals surface area contributed by atoms with Crippen molar-refractivity contribution in [2.75, 3.05) is 0 Å². The number of nitrogens with one attached hydrogen (secondary N) is 1. The number of amides is 2. The summed E-state index contributed by atoms with van der Waals surface area (Å²) < 4.78 is 2.12. The summed E-state index contributed by atoms with van der Waals surface area (Å²) in [5, 5.41) is 11.4. The first kappa shape index (κ1) is 14.2. The van der Waals surface area contributed by atoms with Crippen LogP contribution in [-0.4, -0.2) is 36.7 Å². The molecule has 7 nitrogen and oxygen atoms in total. The quantitative estimate of drug-likeness (QED) is 0.907. The van der Waals surface area contributed by atoms with E-state index in [9.17, 15) is 4.79 Å². The van der Waals surface area contributed by atoms with Gasteiger partial charge in [-0.05, 0) is 37.0 Å². The van der Waals surface area contributed by atoms with Crippen molar-refractivity contribution in [3.05, 3.63) is 41.7 Å². The Kier molecular flexibility index (Phi) is 3.69. The summed E-state index contributed by atoms with van der Waals surface area (Å²) in [4.78, 5) is 18.5. The Labute approximate surface area is 134 Å². The number of aromatic nitrogens is 4. The minimum absolute atomic E-state index is 0.0281. The van der Waals surface area contributed by atoms with Crippen LogP contribution in [0, 0.1) is 0 Å². The molecule has 1 fully saturated rings. The zero-order valence-corrected chi connectivity index (χ0v) is 13.0. The number of hydrogen-bond donors (Lipinski definition) is 1. The number of carbonyl (C=O) groups is 1. The number of pyridine rings is 1. The minimum Gasteiger partial charge on any atom is -0.331 e. The topological polar surface area (TPSA) is 75.9 Å². The third-order valence-electron chi connectivity index (χ3n) is 4.43. The smallest absolute Gasteiger partial charge is 0.318 e. The Morgan fingerprint density at radius 1 is 1.30 bits per heavy atom. The number of rotatable bonds is 5. The number of hydrogen-bond acceptors (Lipinski definition) is 4. The highest BCUT2D eigenvalue weighted by molar-refractivity contribution is 5.74. The zero-order chi connectivity index (χ0) is 15.6. The van der Waals surface area contributed by atoms with E-state index < -0.39 is 0 Å². The summed E-state index contributed by atoms with van der Waals surface area (Å²) in [7, 11) is 0. The van der Waals surface area contributed by atoms with Gasteiger partial charge < -0.3 is 14.8 Å². The summed E-state index contributed by atoms with van der Waals surface area (Å²) in [5.74, 6) is 1.88. The molecule has 1 aliphatic heterocycles. The second-order valence-electron chi connectivity index (χ2n) is 6.16. The summed E-state index contributed by atoms with van der Waals surface area (Å²) >= 11 is 0. The lowest BCUT2D eigenvalue weighted by Gasteiger charge is -2.22. The Morgan fingerprint density at radius 3 is 2.91 bits per heavy atom. The predicted octanol–water partition coefficient (Wildman–Crippen LogP) is 1.49. The molecule has 1 aliphatic carbocycles. The molecule has 1 saturated carbocycles. The van der Waals surface area contributed by atoms with Crippen LogP contribution in [0.3, 0.4) is 0 Å². The fourth-order valence-electron chi connectivity index (χ4n) is 3.04. The maximum Gasteiger partial charge on any atom is 0.318 e. The Morgan fingerprint density at radius 2 is 2.13 bits per heavy atom. The van der Waals surface area contributed by atoms with Crippen LogP contribution in [0.1, 0.15) is 36.5 Å². The molecule has 2 aromatic rings. The maximum atomic E-state index is 12.6. The van der Waals surface area contributed by atoms with Gasteiger partial charge >= 0.3 is 6.03 Å². The van der Waals surface area contributed by atoms with Gasteiger partial charge in [-0.1, -0.05) is 0 Å². The van der Waals surface area contributed by atoms with Crippen LogP contribution in [0.2, 0.25) is 0 Å². The molecule has 120 valence electrons. The lowest BCUT2D eigenvalue weighted by molar-refractivity contribution is 0.191. The molecule has 0 radical (unpaired) electrons. The Hall–Kier alpha value is -2.44. The fraction of sp³-hybridized carbons (Fsp3) is 0.500. The molecule has 0 saturated heterocycles. The summed E-state index contributed by atoms with van der Waals surface area (Å²) in [6.45, 7) is 2.01. The van der Waals surface area contributed by atoms with E-state index in [1.54, 1.807) is 12.4 Å². The highest BCUT2D eigenvalue weighted by Crippen LogP contribution is 2.28. The first-order chi connectivity index (χ1) is 11.3. The van der Waals surface area contributed by atoms with Crippen LogP contribution >= 0.6 is 0 Å². The van der Waals surface area contributed by atoms with Crippen molar-refractivity contribution in [1.29, 1.82) is 0 Å². The molecule has 23 heavy (non-hydrogen) atoms. The molecule has 7 heteroatoms. The number of urea groups is 1. The van der Waals surface area contributed by atoms with Crippen molar-refractivity contribution in [3.63, 3.8) is 0 Å². The van der Waals surface area contributed by atoms with Gasteiger partial charge in [-0.15, -0.1) is 10.2 Å². The molecule has 4 rings (SSSR count). The number of aryl methyl sites for hydroxylation is 1. The number of carbonyl (C=O) groups excluding carboxylic acids is 1. The summed E-state index contributed by atoms with van der Waals surface area (Å²) in [6.07, 6.45) is 7.78. The van der Waals surface area contributed by atoms with Crippen molar-refractivity contribution in [2.45, 2.75) is 51.4 Å². The van der Waals surface area contributed by atoms with Crippen LogP contribution in [0.15, 0.2) is 24.5 Å². The van der Waals surface area contributed by atoms with Gasteiger partial charge in [0.25, 0.3) is 0 Å². The van der Waals surface area contributed by atoms with E-state index in [4.69, 9.17) is 0 Å². The van der Waals surface area contributed by atoms with Gasteiger partial charge in [0, 0.05) is 37.9 Å². The van der Waals surface area contributed by atoms with Gasteiger partial charge in [-0.3, -0.25) is 4.98 Å². The fourth-order valence-corrected chi connectivity index (χ4v) is 3.04. The average molecular weight is 312 g/mol. The monoisotopic (exact) mass is 312 g/mol. The molecular formula is C16H20N6O. The van der Waals surface area contributed by atoms with Crippen molar-refractivity contribution < 1.29 is 4.79 Å². The van der Waals surface area contributed by atoms with Gasteiger partial charge in [0.2, 0.25) is 0 Å². The van der Waals surface area contributed by atoms with Crippen molar-refractivity contribution in [3.8, 4) is 0 Å². The minimum atomic E-state index is -0.0281. The highest BCUT2D eigenvalue weighted by Gasteiger charge is 2.32. The summed E-state index contributed by atoms with van der Waals surface area (Å²) in [6, 6.07) is 4.23. The van der Waals surface area contributed by atoms with Gasteiger partial charge in [-0.25, -0.2) is 4.79 Å². The molecule has 0 spiro atoms. The van der Waals surface area contributed by atoms with E-state index >= 15 is 0 Å². The van der Waals surface area contributed by atoms with Gasteiger partial charge in [0.15, 0.2) is 5.82 Å². The third kappa shape index (κ3) is 3.04. The maximum absolute atomic E-state index is 12.6. The largest absolute Gasteiger partial charge is 0.331 e. The van der Waals surface area contributed by atoms with Crippen molar-refractivity contribution >= 4 is 6.03 Å². The second kappa shape index (κ2) is 5.98. The van der Waals surface area contributed by atoms with Gasteiger partial charge in [0.05, 0.1) is 6.54 Å². The lowest BCUT2D eigenvalue weighted by Crippen LogP contribution is -2.41. The van der Waals surface area contributed by atoms with Crippen molar-refractivity contribution in [1.82, 2.24) is 30.0 Å². The number of nitrogens with zero attached hydrogens (tertiary/aromatic N) is 5. The van der Waals surface area contributed by atoms with Gasteiger partial charge in [0.1, 0.15) is 5.82 Å². The highest BCUT2D eigenvalue weighted by atomic mass is 16.2. The Balaban J connectivity index is 1.40. The molecule has 2 aromatic heterocycles. The SMILES string of the molecule is O=C(NCc1nnc2n1CCC2)N(Cc1ccncc1)C1CC1. The van der Waals surface area contributed by atoms with Crippen LogP contribution in [0.25, 0.3) is 0 Å². The van der Waals surface area contributed by atoms with E-state index in [-0.39, 0.29) is 6.03 Å². The molecule has 2 aliphatic rings.